The van der Waals surface area contributed by atoms with Crippen LogP contribution in [0.2, 0.25) is 0 Å². The van der Waals surface area contributed by atoms with Crippen molar-refractivity contribution in [3.05, 3.63) is 35.9 Å². The van der Waals surface area contributed by atoms with Gasteiger partial charge in [0.2, 0.25) is 0 Å². The number of carbonyl (C=O) groups is 2. The number of benzene rings is 1. The molecule has 2 saturated heterocycles. The van der Waals surface area contributed by atoms with E-state index in [4.69, 9.17) is 4.74 Å². The van der Waals surface area contributed by atoms with Crippen LogP contribution in [0.3, 0.4) is 0 Å². The van der Waals surface area contributed by atoms with Crippen LogP contribution in [0.1, 0.15) is 69.8 Å². The lowest BCUT2D eigenvalue weighted by Crippen LogP contribution is -2.48. The van der Waals surface area contributed by atoms with Gasteiger partial charge >= 0.3 is 6.09 Å². The van der Waals surface area contributed by atoms with Crippen molar-refractivity contribution in [3.8, 4) is 0 Å². The van der Waals surface area contributed by atoms with E-state index in [2.05, 4.69) is 0 Å². The first-order valence-electron chi connectivity index (χ1n) is 10.7. The molecule has 1 amide bonds. The van der Waals surface area contributed by atoms with Gasteiger partial charge in [0, 0.05) is 23.9 Å². The average molecular weight is 370 g/mol. The fraction of sp³-hybridized carbons (Fsp3) is 0.652. The Morgan fingerprint density at radius 2 is 1.48 bits per heavy atom. The normalized spacial score (nSPS) is 28.6. The molecular formula is C23H31NO3. The molecule has 0 aromatic heterocycles. The maximum absolute atomic E-state index is 13.1. The molecule has 1 aromatic carbocycles. The molecule has 1 aliphatic carbocycles. The highest BCUT2D eigenvalue weighted by Gasteiger charge is 2.46. The molecule has 2 atom stereocenters. The van der Waals surface area contributed by atoms with Crippen molar-refractivity contribution in [1.82, 2.24) is 4.90 Å². The lowest BCUT2D eigenvalue weighted by molar-refractivity contribution is -0.129. The van der Waals surface area contributed by atoms with Crippen molar-refractivity contribution in [1.29, 1.82) is 0 Å². The molecule has 146 valence electrons. The van der Waals surface area contributed by atoms with Crippen molar-refractivity contribution in [2.45, 2.75) is 82.9 Å². The SMILES string of the molecule is O=C(C1CCCCCC1)C1CC2CCC(C1)N2C(=O)OCc1ccccc1. The molecule has 1 aromatic rings. The van der Waals surface area contributed by atoms with Gasteiger partial charge in [0.15, 0.2) is 0 Å². The Kier molecular flexibility index (Phi) is 5.80. The number of rotatable bonds is 4. The minimum Gasteiger partial charge on any atom is -0.445 e. The summed E-state index contributed by atoms with van der Waals surface area (Å²) in [4.78, 5) is 27.7. The van der Waals surface area contributed by atoms with Crippen LogP contribution in [0.15, 0.2) is 30.3 Å². The van der Waals surface area contributed by atoms with Crippen molar-refractivity contribution < 1.29 is 14.3 Å². The highest BCUT2D eigenvalue weighted by molar-refractivity contribution is 5.84. The fourth-order valence-electron chi connectivity index (χ4n) is 5.40. The topological polar surface area (TPSA) is 46.6 Å². The molecule has 4 nitrogen and oxygen atoms in total. The van der Waals surface area contributed by atoms with Crippen molar-refractivity contribution in [3.63, 3.8) is 0 Å². The second kappa shape index (κ2) is 8.45. The summed E-state index contributed by atoms with van der Waals surface area (Å²) in [7, 11) is 0. The molecule has 2 aliphatic heterocycles. The van der Waals surface area contributed by atoms with Crippen molar-refractivity contribution in [2.24, 2.45) is 11.8 Å². The van der Waals surface area contributed by atoms with Crippen LogP contribution in [-0.4, -0.2) is 28.9 Å². The van der Waals surface area contributed by atoms with Gasteiger partial charge in [-0.15, -0.1) is 0 Å². The van der Waals surface area contributed by atoms with Crippen molar-refractivity contribution in [2.75, 3.05) is 0 Å². The van der Waals surface area contributed by atoms with Crippen LogP contribution in [0, 0.1) is 11.8 Å². The summed E-state index contributed by atoms with van der Waals surface area (Å²) >= 11 is 0. The fourth-order valence-corrected chi connectivity index (χ4v) is 5.40. The smallest absolute Gasteiger partial charge is 0.410 e. The minimum atomic E-state index is -0.202. The highest BCUT2D eigenvalue weighted by atomic mass is 16.6. The van der Waals surface area contributed by atoms with E-state index in [0.29, 0.717) is 12.4 Å². The first-order valence-corrected chi connectivity index (χ1v) is 10.7. The van der Waals surface area contributed by atoms with Crippen LogP contribution in [0.25, 0.3) is 0 Å². The molecular weight excluding hydrogens is 338 g/mol. The van der Waals surface area contributed by atoms with E-state index < -0.39 is 0 Å². The van der Waals surface area contributed by atoms with Gasteiger partial charge in [0.25, 0.3) is 0 Å². The van der Waals surface area contributed by atoms with Gasteiger partial charge in [-0.05, 0) is 44.1 Å². The number of ether oxygens (including phenoxy) is 1. The molecule has 0 spiro atoms. The zero-order valence-corrected chi connectivity index (χ0v) is 16.1. The highest BCUT2D eigenvalue weighted by Crippen LogP contribution is 2.41. The predicted octanol–water partition coefficient (Wildman–Crippen LogP) is 5.11. The standard InChI is InChI=1S/C23H31NO3/c25-22(18-10-6-1-2-7-11-18)19-14-20-12-13-21(15-19)24(20)23(26)27-16-17-8-4-3-5-9-17/h3-5,8-9,18-21H,1-2,6-7,10-16H2. The molecule has 3 aliphatic rings. The monoisotopic (exact) mass is 369 g/mol. The third-order valence-electron chi connectivity index (χ3n) is 6.81. The zero-order valence-electron chi connectivity index (χ0n) is 16.1. The summed E-state index contributed by atoms with van der Waals surface area (Å²) in [6, 6.07) is 10.2. The second-order valence-corrected chi connectivity index (χ2v) is 8.59. The van der Waals surface area contributed by atoms with Gasteiger partial charge in [0.1, 0.15) is 12.4 Å². The lowest BCUT2D eigenvalue weighted by atomic mass is 9.80. The Bertz CT molecular complexity index is 637. The molecule has 0 radical (unpaired) electrons. The van der Waals surface area contributed by atoms with Crippen LogP contribution in [-0.2, 0) is 16.1 Å². The second-order valence-electron chi connectivity index (χ2n) is 8.59. The van der Waals surface area contributed by atoms with Gasteiger partial charge in [-0.25, -0.2) is 4.79 Å². The molecule has 2 heterocycles. The van der Waals surface area contributed by atoms with Gasteiger partial charge < -0.3 is 9.64 Å². The number of hydrogen-bond acceptors (Lipinski definition) is 3. The summed E-state index contributed by atoms with van der Waals surface area (Å²) in [5.41, 5.74) is 1.01. The number of nitrogens with zero attached hydrogens (tertiary/aromatic N) is 1. The van der Waals surface area contributed by atoms with E-state index >= 15 is 0 Å². The first-order chi connectivity index (χ1) is 13.2. The van der Waals surface area contributed by atoms with Gasteiger partial charge in [0.05, 0.1) is 0 Å². The number of amides is 1. The summed E-state index contributed by atoms with van der Waals surface area (Å²) in [6.45, 7) is 0.319. The van der Waals surface area contributed by atoms with Gasteiger partial charge in [-0.2, -0.15) is 0 Å². The van der Waals surface area contributed by atoms with Crippen LogP contribution in [0.4, 0.5) is 4.79 Å². The molecule has 4 rings (SSSR count). The molecule has 3 fully saturated rings. The summed E-state index contributed by atoms with van der Waals surface area (Å²) in [5.74, 6) is 0.920. The van der Waals surface area contributed by atoms with Crippen molar-refractivity contribution >= 4 is 11.9 Å². The van der Waals surface area contributed by atoms with Gasteiger partial charge in [-0.3, -0.25) is 4.79 Å². The number of carbonyl (C=O) groups excluding carboxylic acids is 2. The third kappa shape index (κ3) is 4.20. The minimum absolute atomic E-state index is 0.156. The summed E-state index contributed by atoms with van der Waals surface area (Å²) in [5, 5.41) is 0. The number of ketones is 1. The average Bonchev–Trinajstić information content (AvgIpc) is 2.89. The largest absolute Gasteiger partial charge is 0.445 e. The van der Waals surface area contributed by atoms with Crippen LogP contribution < -0.4 is 0 Å². The maximum Gasteiger partial charge on any atom is 0.410 e. The number of hydrogen-bond donors (Lipinski definition) is 0. The number of fused-ring (bicyclic) bond motifs is 2. The quantitative estimate of drug-likeness (QED) is 0.693. The Hall–Kier alpha value is -1.84. The Morgan fingerprint density at radius 3 is 2.11 bits per heavy atom. The van der Waals surface area contributed by atoms with Gasteiger partial charge in [-0.1, -0.05) is 56.0 Å². The maximum atomic E-state index is 13.1. The molecule has 27 heavy (non-hydrogen) atoms. The van der Waals surface area contributed by atoms with Crippen LogP contribution >= 0.6 is 0 Å². The molecule has 4 heteroatoms. The Labute approximate surface area is 162 Å². The Morgan fingerprint density at radius 1 is 0.852 bits per heavy atom. The van der Waals surface area contributed by atoms with E-state index in [1.165, 1.54) is 25.7 Å². The van der Waals surface area contributed by atoms with Crippen LogP contribution in [0.5, 0.6) is 0 Å². The number of Topliss-reactive ketones (excluding diaryl/α,β-unsaturated/α-hetero) is 1. The van der Waals surface area contributed by atoms with E-state index in [0.717, 1.165) is 44.1 Å². The Balaban J connectivity index is 1.34. The molecule has 2 unspecified atom stereocenters. The number of piperidine rings is 1. The first kappa shape index (κ1) is 18.5. The van der Waals surface area contributed by atoms with E-state index in [1.807, 2.05) is 35.2 Å². The summed E-state index contributed by atoms with van der Waals surface area (Å²) < 4.78 is 5.58. The van der Waals surface area contributed by atoms with E-state index in [1.54, 1.807) is 0 Å². The third-order valence-corrected chi connectivity index (χ3v) is 6.81. The molecule has 0 N–H and O–H groups in total. The predicted molar refractivity (Wildman–Crippen MR) is 104 cm³/mol. The molecule has 1 saturated carbocycles. The molecule has 2 bridgehead atoms. The van der Waals surface area contributed by atoms with E-state index in [-0.39, 0.29) is 30.0 Å². The summed E-state index contributed by atoms with van der Waals surface area (Å²) in [6.07, 6.45) is 10.6. The van der Waals surface area contributed by atoms with E-state index in [9.17, 15) is 9.59 Å². The lowest BCUT2D eigenvalue weighted by Gasteiger charge is -2.38. The zero-order chi connectivity index (χ0) is 18.6.